The Kier molecular flexibility index (Phi) is 2.55. The van der Waals surface area contributed by atoms with Crippen molar-refractivity contribution in [3.63, 3.8) is 0 Å². The van der Waals surface area contributed by atoms with Gasteiger partial charge in [-0.15, -0.1) is 34.2 Å². The van der Waals surface area contributed by atoms with Gasteiger partial charge in [0.25, 0.3) is 0 Å². The van der Waals surface area contributed by atoms with Crippen molar-refractivity contribution < 1.29 is 20.1 Å². The van der Waals surface area contributed by atoms with E-state index in [0.717, 1.165) is 16.4 Å². The van der Waals surface area contributed by atoms with Crippen LogP contribution in [-0.4, -0.2) is 14.6 Å². The Morgan fingerprint density at radius 2 is 2.27 bits per heavy atom. The van der Waals surface area contributed by atoms with Crippen molar-refractivity contribution >= 4 is 16.4 Å². The van der Waals surface area contributed by atoms with Gasteiger partial charge < -0.3 is 4.40 Å². The zero-order chi connectivity index (χ0) is 9.54. The molecule has 0 bridgehead atoms. The van der Waals surface area contributed by atoms with E-state index in [4.69, 9.17) is 0 Å². The van der Waals surface area contributed by atoms with E-state index in [9.17, 15) is 0 Å². The SMILES string of the molecule is Cc1c[c-]c2c(ccn3cnnc23)c1.[Ir]. The zero-order valence-electron chi connectivity index (χ0n) is 8.06. The molecule has 1 radical (unpaired) electrons. The topological polar surface area (TPSA) is 30.2 Å². The molecule has 3 rings (SSSR count). The summed E-state index contributed by atoms with van der Waals surface area (Å²) in [6, 6.07) is 9.37. The van der Waals surface area contributed by atoms with Crippen molar-refractivity contribution in [3.05, 3.63) is 42.4 Å². The predicted octanol–water partition coefficient (Wildman–Crippen LogP) is 1.99. The summed E-state index contributed by atoms with van der Waals surface area (Å²) in [6.45, 7) is 2.06. The molecule has 0 aliphatic carbocycles. The van der Waals surface area contributed by atoms with Crippen molar-refractivity contribution in [3.8, 4) is 0 Å². The van der Waals surface area contributed by atoms with Crippen LogP contribution in [0.25, 0.3) is 16.4 Å². The Balaban J connectivity index is 0.000000853. The van der Waals surface area contributed by atoms with Crippen LogP contribution in [0.1, 0.15) is 5.56 Å². The van der Waals surface area contributed by atoms with Gasteiger partial charge in [0.2, 0.25) is 0 Å². The monoisotopic (exact) mass is 375 g/mol. The minimum atomic E-state index is 0. The normalized spacial score (nSPS) is 10.5. The molecule has 2 aromatic heterocycles. The van der Waals surface area contributed by atoms with Crippen molar-refractivity contribution in [2.75, 3.05) is 0 Å². The maximum atomic E-state index is 4.06. The van der Waals surface area contributed by atoms with Gasteiger partial charge in [-0.3, -0.25) is 0 Å². The summed E-state index contributed by atoms with van der Waals surface area (Å²) in [5.74, 6) is 0. The largest absolute Gasteiger partial charge is 0.330 e. The van der Waals surface area contributed by atoms with E-state index < -0.39 is 0 Å². The molecular formula is C11H8IrN3-. The van der Waals surface area contributed by atoms with Gasteiger partial charge in [-0.1, -0.05) is 18.4 Å². The van der Waals surface area contributed by atoms with Gasteiger partial charge in [-0.05, 0) is 6.20 Å². The number of pyridine rings is 1. The minimum absolute atomic E-state index is 0. The van der Waals surface area contributed by atoms with Crippen LogP contribution in [-0.2, 0) is 20.1 Å². The van der Waals surface area contributed by atoms with Crippen LogP contribution in [0.5, 0.6) is 0 Å². The van der Waals surface area contributed by atoms with Crippen LogP contribution < -0.4 is 0 Å². The molecule has 0 saturated carbocycles. The van der Waals surface area contributed by atoms with Gasteiger partial charge in [-0.2, -0.15) is 5.10 Å². The molecule has 2 heterocycles. The van der Waals surface area contributed by atoms with Crippen LogP contribution in [0.4, 0.5) is 0 Å². The molecule has 1 aromatic carbocycles. The Morgan fingerprint density at radius 3 is 3.13 bits per heavy atom. The molecule has 0 aliphatic heterocycles. The third-order valence-electron chi connectivity index (χ3n) is 2.33. The Bertz CT molecular complexity index is 615. The third kappa shape index (κ3) is 1.56. The first-order valence-electron chi connectivity index (χ1n) is 4.45. The summed E-state index contributed by atoms with van der Waals surface area (Å²) in [4.78, 5) is 0. The Morgan fingerprint density at radius 1 is 1.40 bits per heavy atom. The van der Waals surface area contributed by atoms with E-state index in [1.807, 2.05) is 16.7 Å². The maximum absolute atomic E-state index is 4.06. The number of hydrogen-bond donors (Lipinski definition) is 0. The van der Waals surface area contributed by atoms with Gasteiger partial charge >= 0.3 is 0 Å². The fraction of sp³-hybridized carbons (Fsp3) is 0.0909. The number of benzene rings is 1. The number of aromatic nitrogens is 3. The number of rotatable bonds is 0. The van der Waals surface area contributed by atoms with E-state index in [2.05, 4.69) is 35.3 Å². The Labute approximate surface area is 100 Å². The molecule has 4 heteroatoms. The van der Waals surface area contributed by atoms with Crippen LogP contribution in [0.3, 0.4) is 0 Å². The summed E-state index contributed by atoms with van der Waals surface area (Å²) >= 11 is 0. The summed E-state index contributed by atoms with van der Waals surface area (Å²) in [6.07, 6.45) is 3.66. The Hall–Kier alpha value is -1.25. The van der Waals surface area contributed by atoms with E-state index in [-0.39, 0.29) is 20.1 Å². The maximum Gasteiger partial charge on any atom is 0.114 e. The second kappa shape index (κ2) is 3.72. The predicted molar refractivity (Wildman–Crippen MR) is 54.1 cm³/mol. The van der Waals surface area contributed by atoms with Crippen LogP contribution in [0.15, 0.2) is 30.7 Å². The molecule has 0 aliphatic rings. The molecule has 0 N–H and O–H groups in total. The minimum Gasteiger partial charge on any atom is -0.330 e. The molecule has 3 aromatic rings. The standard InChI is InChI=1S/C11H8N3.Ir/c1-8-2-3-10-9(6-8)4-5-14-7-12-13-11(10)14;/h2,4-7H,1H3;/q-1;. The van der Waals surface area contributed by atoms with Crippen molar-refractivity contribution in [1.82, 2.24) is 14.6 Å². The van der Waals surface area contributed by atoms with Gasteiger partial charge in [-0.25, -0.2) is 0 Å². The molecular weight excluding hydrogens is 366 g/mol. The van der Waals surface area contributed by atoms with Gasteiger partial charge in [0.15, 0.2) is 0 Å². The molecule has 0 saturated heterocycles. The van der Waals surface area contributed by atoms with E-state index >= 15 is 0 Å². The molecule has 15 heavy (non-hydrogen) atoms. The van der Waals surface area contributed by atoms with Crippen LogP contribution >= 0.6 is 0 Å². The first kappa shape index (κ1) is 10.3. The summed E-state index contributed by atoms with van der Waals surface area (Å²) in [5, 5.41) is 10.1. The summed E-state index contributed by atoms with van der Waals surface area (Å²) in [5.41, 5.74) is 2.07. The molecule has 0 amide bonds. The molecule has 0 spiro atoms. The molecule has 0 atom stereocenters. The van der Waals surface area contributed by atoms with Crippen molar-refractivity contribution in [1.29, 1.82) is 0 Å². The fourth-order valence-corrected chi connectivity index (χ4v) is 1.64. The van der Waals surface area contributed by atoms with E-state index in [1.54, 1.807) is 6.33 Å². The molecule has 0 fully saturated rings. The smallest absolute Gasteiger partial charge is 0.114 e. The third-order valence-corrected chi connectivity index (χ3v) is 2.33. The average Bonchev–Trinajstić information content (AvgIpc) is 2.65. The number of fused-ring (bicyclic) bond motifs is 3. The first-order valence-corrected chi connectivity index (χ1v) is 4.45. The second-order valence-corrected chi connectivity index (χ2v) is 3.38. The van der Waals surface area contributed by atoms with Crippen molar-refractivity contribution in [2.24, 2.45) is 0 Å². The summed E-state index contributed by atoms with van der Waals surface area (Å²) in [7, 11) is 0. The van der Waals surface area contributed by atoms with Crippen LogP contribution in [0, 0.1) is 13.0 Å². The number of nitrogens with zero attached hydrogens (tertiary/aromatic N) is 3. The van der Waals surface area contributed by atoms with E-state index in [1.165, 1.54) is 5.56 Å². The van der Waals surface area contributed by atoms with Crippen molar-refractivity contribution in [2.45, 2.75) is 6.92 Å². The number of hydrogen-bond acceptors (Lipinski definition) is 2. The number of aryl methyl sites for hydroxylation is 1. The van der Waals surface area contributed by atoms with Gasteiger partial charge in [0.1, 0.15) is 6.33 Å². The quantitative estimate of drug-likeness (QED) is 0.564. The fourth-order valence-electron chi connectivity index (χ4n) is 1.64. The zero-order valence-corrected chi connectivity index (χ0v) is 10.5. The molecule has 77 valence electrons. The molecule has 0 unspecified atom stereocenters. The van der Waals surface area contributed by atoms with E-state index in [0.29, 0.717) is 0 Å². The average molecular weight is 374 g/mol. The van der Waals surface area contributed by atoms with Crippen LogP contribution in [0.2, 0.25) is 0 Å². The van der Waals surface area contributed by atoms with Gasteiger partial charge in [0, 0.05) is 20.1 Å². The van der Waals surface area contributed by atoms with Gasteiger partial charge in [0.05, 0.1) is 5.65 Å². The second-order valence-electron chi connectivity index (χ2n) is 3.38. The first-order chi connectivity index (χ1) is 6.84. The summed E-state index contributed by atoms with van der Waals surface area (Å²) < 4.78 is 1.90. The molecule has 3 nitrogen and oxygen atoms in total.